The summed E-state index contributed by atoms with van der Waals surface area (Å²) in [6.45, 7) is 2.63. The van der Waals surface area contributed by atoms with Gasteiger partial charge in [0.2, 0.25) is 16.2 Å². The Labute approximate surface area is 212 Å². The topological polar surface area (TPSA) is 108 Å². The summed E-state index contributed by atoms with van der Waals surface area (Å²) in [6, 6.07) is 5.90. The van der Waals surface area contributed by atoms with E-state index in [2.05, 4.69) is 40.7 Å². The predicted molar refractivity (Wildman–Crippen MR) is 127 cm³/mol. The summed E-state index contributed by atoms with van der Waals surface area (Å²) >= 11 is 1.14. The number of amides is 1. The Kier molecular flexibility index (Phi) is 7.06. The van der Waals surface area contributed by atoms with Crippen LogP contribution >= 0.6 is 11.3 Å². The van der Waals surface area contributed by atoms with Crippen LogP contribution in [-0.2, 0) is 4.79 Å². The number of anilines is 3. The highest BCUT2D eigenvalue weighted by Crippen LogP contribution is 2.33. The van der Waals surface area contributed by atoms with Gasteiger partial charge in [-0.2, -0.15) is 5.10 Å². The molecule has 2 fully saturated rings. The predicted octanol–water partition coefficient (Wildman–Crippen LogP) is 3.44. The van der Waals surface area contributed by atoms with Crippen molar-refractivity contribution in [3.05, 3.63) is 47.9 Å². The number of nitrogens with one attached hydrogen (secondary N) is 2. The van der Waals surface area contributed by atoms with Crippen LogP contribution < -0.4 is 20.3 Å². The molecule has 196 valence electrons. The van der Waals surface area contributed by atoms with Crippen LogP contribution in [0.1, 0.15) is 24.4 Å². The molecule has 0 saturated carbocycles. The highest BCUT2D eigenvalue weighted by Gasteiger charge is 2.35. The number of aromatic nitrogens is 4. The molecule has 37 heavy (non-hydrogen) atoms. The lowest BCUT2D eigenvalue weighted by Gasteiger charge is -2.37. The molecule has 0 aliphatic carbocycles. The van der Waals surface area contributed by atoms with Crippen LogP contribution in [0.2, 0.25) is 0 Å². The van der Waals surface area contributed by atoms with Crippen LogP contribution in [0.25, 0.3) is 0 Å². The standard InChI is InChI=1S/C22H22F4N8O2S/c23-15-5-4-13(11-16(15)36-22(24,25)26)18(33-8-2-9-33)19(35)29-21-32-31-20(37-21)28-14-6-10-34(12-14)17-3-1-7-27-30-17/h1,3-5,7,11,14,18H,2,6,8-10,12H2,(H,28,31)(H,29,32,35). The Balaban J connectivity index is 1.24. The molecule has 2 aromatic heterocycles. The third-order valence-electron chi connectivity index (χ3n) is 6.05. The van der Waals surface area contributed by atoms with E-state index in [4.69, 9.17) is 0 Å². The summed E-state index contributed by atoms with van der Waals surface area (Å²) in [5, 5.41) is 22.9. The van der Waals surface area contributed by atoms with Gasteiger partial charge in [-0.05, 0) is 42.7 Å². The summed E-state index contributed by atoms with van der Waals surface area (Å²) in [4.78, 5) is 17.1. The van der Waals surface area contributed by atoms with Gasteiger partial charge in [0.15, 0.2) is 17.4 Å². The van der Waals surface area contributed by atoms with Gasteiger partial charge < -0.3 is 15.0 Å². The second-order valence-corrected chi connectivity index (χ2v) is 9.57. The Morgan fingerprint density at radius 2 is 1.95 bits per heavy atom. The zero-order chi connectivity index (χ0) is 26.0. The SMILES string of the molecule is O=C(Nc1nnc(NC2CCN(c3cccnn3)C2)s1)C(c1ccc(F)c(OC(F)(F)F)c1)N1CCC1. The first kappa shape index (κ1) is 25.1. The summed E-state index contributed by atoms with van der Waals surface area (Å²) in [5.74, 6) is -1.88. The molecule has 2 aliphatic heterocycles. The van der Waals surface area contributed by atoms with E-state index >= 15 is 0 Å². The van der Waals surface area contributed by atoms with Crippen molar-refractivity contribution in [1.29, 1.82) is 0 Å². The van der Waals surface area contributed by atoms with Crippen LogP contribution in [0.15, 0.2) is 36.5 Å². The number of halogens is 4. The fourth-order valence-electron chi connectivity index (χ4n) is 4.25. The van der Waals surface area contributed by atoms with Crippen molar-refractivity contribution >= 4 is 33.3 Å². The van der Waals surface area contributed by atoms with Gasteiger partial charge in [-0.3, -0.25) is 15.0 Å². The van der Waals surface area contributed by atoms with Gasteiger partial charge in [-0.1, -0.05) is 17.4 Å². The van der Waals surface area contributed by atoms with Crippen molar-refractivity contribution in [3.8, 4) is 5.75 Å². The molecule has 15 heteroatoms. The molecule has 2 N–H and O–H groups in total. The minimum atomic E-state index is -5.06. The zero-order valence-electron chi connectivity index (χ0n) is 19.3. The van der Waals surface area contributed by atoms with Crippen molar-refractivity contribution in [2.75, 3.05) is 41.7 Å². The fourth-order valence-corrected chi connectivity index (χ4v) is 4.97. The van der Waals surface area contributed by atoms with E-state index in [-0.39, 0.29) is 16.7 Å². The van der Waals surface area contributed by atoms with Gasteiger partial charge in [0, 0.05) is 38.4 Å². The van der Waals surface area contributed by atoms with Crippen LogP contribution in [-0.4, -0.2) is 69.8 Å². The molecular formula is C22H22F4N8O2S. The monoisotopic (exact) mass is 538 g/mol. The maximum atomic E-state index is 13.9. The van der Waals surface area contributed by atoms with Crippen LogP contribution in [0.5, 0.6) is 5.75 Å². The van der Waals surface area contributed by atoms with Crippen molar-refractivity contribution in [3.63, 3.8) is 0 Å². The molecule has 2 unspecified atom stereocenters. The average molecular weight is 539 g/mol. The van der Waals surface area contributed by atoms with E-state index in [0.717, 1.165) is 48.7 Å². The van der Waals surface area contributed by atoms with E-state index < -0.39 is 29.9 Å². The Hall–Kier alpha value is -3.59. The Bertz CT molecular complexity index is 1240. The van der Waals surface area contributed by atoms with Gasteiger partial charge in [0.25, 0.3) is 0 Å². The number of carbonyl (C=O) groups is 1. The number of hydrogen-bond acceptors (Lipinski definition) is 10. The number of likely N-dealkylation sites (tertiary alicyclic amines) is 1. The lowest BCUT2D eigenvalue weighted by molar-refractivity contribution is -0.275. The molecule has 2 atom stereocenters. The van der Waals surface area contributed by atoms with Crippen molar-refractivity contribution in [2.24, 2.45) is 0 Å². The first-order valence-corrected chi connectivity index (χ1v) is 12.3. The van der Waals surface area contributed by atoms with Crippen LogP contribution in [0, 0.1) is 5.82 Å². The number of rotatable bonds is 8. The smallest absolute Gasteiger partial charge is 0.403 e. The number of alkyl halides is 3. The molecule has 10 nitrogen and oxygen atoms in total. The summed E-state index contributed by atoms with van der Waals surface area (Å²) in [6.07, 6.45) is -1.77. The number of benzene rings is 1. The molecule has 1 amide bonds. The highest BCUT2D eigenvalue weighted by atomic mass is 32.1. The zero-order valence-corrected chi connectivity index (χ0v) is 20.1. The third-order valence-corrected chi connectivity index (χ3v) is 6.82. The van der Waals surface area contributed by atoms with Crippen LogP contribution in [0.3, 0.4) is 0 Å². The van der Waals surface area contributed by atoms with Gasteiger partial charge >= 0.3 is 6.36 Å². The lowest BCUT2D eigenvalue weighted by Crippen LogP contribution is -2.45. The van der Waals surface area contributed by atoms with Gasteiger partial charge in [0.05, 0.1) is 0 Å². The maximum absolute atomic E-state index is 13.9. The third kappa shape index (κ3) is 6.05. The molecular weight excluding hydrogens is 516 g/mol. The summed E-state index contributed by atoms with van der Waals surface area (Å²) in [5.41, 5.74) is 0.177. The first-order chi connectivity index (χ1) is 17.7. The van der Waals surface area contributed by atoms with Crippen molar-refractivity contribution in [1.82, 2.24) is 25.3 Å². The van der Waals surface area contributed by atoms with Gasteiger partial charge in [0.1, 0.15) is 6.04 Å². The minimum absolute atomic E-state index is 0.0959. The highest BCUT2D eigenvalue weighted by molar-refractivity contribution is 7.19. The molecule has 2 aliphatic rings. The van der Waals surface area contributed by atoms with E-state index in [1.165, 1.54) is 6.07 Å². The molecule has 4 heterocycles. The normalized spacial score (nSPS) is 18.8. The summed E-state index contributed by atoms with van der Waals surface area (Å²) < 4.78 is 55.8. The summed E-state index contributed by atoms with van der Waals surface area (Å²) in [7, 11) is 0. The Morgan fingerprint density at radius 3 is 2.65 bits per heavy atom. The number of ether oxygens (including phenoxy) is 1. The van der Waals surface area contributed by atoms with Gasteiger partial charge in [-0.25, -0.2) is 4.39 Å². The van der Waals surface area contributed by atoms with Crippen molar-refractivity contribution < 1.29 is 27.1 Å². The van der Waals surface area contributed by atoms with Crippen LogP contribution in [0.4, 0.5) is 33.6 Å². The molecule has 0 bridgehead atoms. The largest absolute Gasteiger partial charge is 0.573 e. The minimum Gasteiger partial charge on any atom is -0.403 e. The average Bonchev–Trinajstić information content (AvgIpc) is 3.47. The van der Waals surface area contributed by atoms with E-state index in [0.29, 0.717) is 24.8 Å². The molecule has 2 saturated heterocycles. The lowest BCUT2D eigenvalue weighted by atomic mass is 10.0. The van der Waals surface area contributed by atoms with E-state index in [1.54, 1.807) is 11.1 Å². The quantitative estimate of drug-likeness (QED) is 0.417. The number of nitrogens with zero attached hydrogens (tertiary/aromatic N) is 6. The van der Waals surface area contributed by atoms with E-state index in [9.17, 15) is 22.4 Å². The number of carbonyl (C=O) groups excluding carboxylic acids is 1. The maximum Gasteiger partial charge on any atom is 0.573 e. The fraction of sp³-hybridized carbons (Fsp3) is 0.409. The molecule has 0 radical (unpaired) electrons. The van der Waals surface area contributed by atoms with E-state index in [1.807, 2.05) is 12.1 Å². The molecule has 3 aromatic rings. The van der Waals surface area contributed by atoms with Gasteiger partial charge in [-0.15, -0.1) is 28.5 Å². The molecule has 0 spiro atoms. The number of hydrogen-bond donors (Lipinski definition) is 2. The molecule has 5 rings (SSSR count). The molecule has 1 aromatic carbocycles. The Morgan fingerprint density at radius 1 is 1.14 bits per heavy atom. The first-order valence-electron chi connectivity index (χ1n) is 11.5. The van der Waals surface area contributed by atoms with Crippen molar-refractivity contribution in [2.45, 2.75) is 31.3 Å². The second kappa shape index (κ2) is 10.4. The second-order valence-electron chi connectivity index (χ2n) is 8.59.